The normalized spacial score (nSPS) is 12.1. The zero-order chi connectivity index (χ0) is 11.2. The molecule has 1 unspecified atom stereocenters. The molecule has 1 atom stereocenters. The average molecular weight is 213 g/mol. The minimum atomic E-state index is -0.0109. The van der Waals surface area contributed by atoms with Crippen molar-refractivity contribution < 1.29 is 0 Å². The summed E-state index contributed by atoms with van der Waals surface area (Å²) in [7, 11) is 0. The lowest BCUT2D eigenvalue weighted by atomic mass is 10.1. The van der Waals surface area contributed by atoms with Crippen molar-refractivity contribution in [1.82, 2.24) is 4.98 Å². The highest BCUT2D eigenvalue weighted by molar-refractivity contribution is 5.34. The maximum atomic E-state index is 6.05. The topological polar surface area (TPSA) is 50.9 Å². The number of anilines is 1. The van der Waals surface area contributed by atoms with E-state index in [1.165, 1.54) is 0 Å². The van der Waals surface area contributed by atoms with Crippen molar-refractivity contribution in [3.8, 4) is 0 Å². The lowest BCUT2D eigenvalue weighted by molar-refractivity contribution is 0.762. The SMILES string of the molecule is NC(CNc1ccccn1)c1ccccc1. The van der Waals surface area contributed by atoms with Crippen molar-refractivity contribution in [3.63, 3.8) is 0 Å². The maximum Gasteiger partial charge on any atom is 0.125 e. The third-order valence-corrected chi connectivity index (χ3v) is 2.40. The van der Waals surface area contributed by atoms with E-state index >= 15 is 0 Å². The fourth-order valence-corrected chi connectivity index (χ4v) is 1.50. The van der Waals surface area contributed by atoms with Gasteiger partial charge in [0.25, 0.3) is 0 Å². The molecular formula is C13H15N3. The van der Waals surface area contributed by atoms with Gasteiger partial charge < -0.3 is 11.1 Å². The Balaban J connectivity index is 1.92. The Morgan fingerprint density at radius 2 is 1.81 bits per heavy atom. The molecule has 82 valence electrons. The highest BCUT2D eigenvalue weighted by Crippen LogP contribution is 2.10. The summed E-state index contributed by atoms with van der Waals surface area (Å²) >= 11 is 0. The van der Waals surface area contributed by atoms with Gasteiger partial charge in [-0.1, -0.05) is 36.4 Å². The van der Waals surface area contributed by atoms with Crippen LogP contribution in [0.1, 0.15) is 11.6 Å². The Labute approximate surface area is 95.3 Å². The summed E-state index contributed by atoms with van der Waals surface area (Å²) in [5.41, 5.74) is 7.18. The molecule has 1 aromatic heterocycles. The van der Waals surface area contributed by atoms with Gasteiger partial charge in [-0.25, -0.2) is 4.98 Å². The highest BCUT2D eigenvalue weighted by Gasteiger charge is 2.04. The monoisotopic (exact) mass is 213 g/mol. The predicted molar refractivity (Wildman–Crippen MR) is 66.1 cm³/mol. The van der Waals surface area contributed by atoms with Crippen molar-refractivity contribution in [2.75, 3.05) is 11.9 Å². The van der Waals surface area contributed by atoms with E-state index in [-0.39, 0.29) is 6.04 Å². The van der Waals surface area contributed by atoms with Gasteiger partial charge in [0.15, 0.2) is 0 Å². The van der Waals surface area contributed by atoms with E-state index in [1.54, 1.807) is 6.20 Å². The molecule has 1 heterocycles. The molecule has 0 saturated heterocycles. The molecule has 0 amide bonds. The molecule has 0 saturated carbocycles. The molecule has 0 fully saturated rings. The molecule has 0 aliphatic rings. The molecule has 0 radical (unpaired) electrons. The Hall–Kier alpha value is -1.87. The minimum absolute atomic E-state index is 0.0109. The summed E-state index contributed by atoms with van der Waals surface area (Å²) in [6.45, 7) is 0.682. The molecule has 0 aliphatic carbocycles. The molecule has 16 heavy (non-hydrogen) atoms. The zero-order valence-electron chi connectivity index (χ0n) is 9.01. The van der Waals surface area contributed by atoms with Gasteiger partial charge in [0.1, 0.15) is 5.82 Å². The standard InChI is InChI=1S/C13H15N3/c14-12(11-6-2-1-3-7-11)10-16-13-8-4-5-9-15-13/h1-9,12H,10,14H2,(H,15,16). The van der Waals surface area contributed by atoms with E-state index in [0.717, 1.165) is 11.4 Å². The van der Waals surface area contributed by atoms with Crippen molar-refractivity contribution in [1.29, 1.82) is 0 Å². The molecule has 3 N–H and O–H groups in total. The van der Waals surface area contributed by atoms with Crippen LogP contribution in [0.25, 0.3) is 0 Å². The van der Waals surface area contributed by atoms with Gasteiger partial charge in [-0.05, 0) is 17.7 Å². The minimum Gasteiger partial charge on any atom is -0.368 e. The molecule has 0 aliphatic heterocycles. The van der Waals surface area contributed by atoms with Crippen LogP contribution in [-0.4, -0.2) is 11.5 Å². The Kier molecular flexibility index (Phi) is 3.51. The molecule has 0 bridgehead atoms. The van der Waals surface area contributed by atoms with Crippen molar-refractivity contribution in [2.45, 2.75) is 6.04 Å². The van der Waals surface area contributed by atoms with E-state index < -0.39 is 0 Å². The molecule has 1 aromatic carbocycles. The van der Waals surface area contributed by atoms with Crippen LogP contribution < -0.4 is 11.1 Å². The van der Waals surface area contributed by atoms with Gasteiger partial charge in [0, 0.05) is 18.8 Å². The number of rotatable bonds is 4. The quantitative estimate of drug-likeness (QED) is 0.818. The van der Waals surface area contributed by atoms with E-state index in [4.69, 9.17) is 5.73 Å². The van der Waals surface area contributed by atoms with Crippen molar-refractivity contribution >= 4 is 5.82 Å². The third-order valence-electron chi connectivity index (χ3n) is 2.40. The van der Waals surface area contributed by atoms with E-state index in [1.807, 2.05) is 48.5 Å². The van der Waals surface area contributed by atoms with Crippen LogP contribution in [0, 0.1) is 0 Å². The fraction of sp³-hybridized carbons (Fsp3) is 0.154. The number of aromatic nitrogens is 1. The van der Waals surface area contributed by atoms with Gasteiger partial charge in [-0.15, -0.1) is 0 Å². The van der Waals surface area contributed by atoms with Crippen LogP contribution >= 0.6 is 0 Å². The van der Waals surface area contributed by atoms with Crippen LogP contribution in [0.15, 0.2) is 54.7 Å². The molecule has 2 rings (SSSR count). The van der Waals surface area contributed by atoms with Crippen LogP contribution in [0.5, 0.6) is 0 Å². The van der Waals surface area contributed by atoms with E-state index in [9.17, 15) is 0 Å². The molecule has 2 aromatic rings. The number of benzene rings is 1. The summed E-state index contributed by atoms with van der Waals surface area (Å²) in [6.07, 6.45) is 1.76. The summed E-state index contributed by atoms with van der Waals surface area (Å²) in [5.74, 6) is 0.855. The summed E-state index contributed by atoms with van der Waals surface area (Å²) in [6, 6.07) is 15.8. The summed E-state index contributed by atoms with van der Waals surface area (Å²) < 4.78 is 0. The lowest BCUT2D eigenvalue weighted by Crippen LogP contribution is -2.20. The first-order valence-corrected chi connectivity index (χ1v) is 5.31. The fourth-order valence-electron chi connectivity index (χ4n) is 1.50. The second-order valence-corrected chi connectivity index (χ2v) is 3.61. The van der Waals surface area contributed by atoms with E-state index in [0.29, 0.717) is 6.54 Å². The number of pyridine rings is 1. The van der Waals surface area contributed by atoms with Crippen molar-refractivity contribution in [2.24, 2.45) is 5.73 Å². The average Bonchev–Trinajstić information content (AvgIpc) is 2.38. The Morgan fingerprint density at radius 3 is 2.50 bits per heavy atom. The van der Waals surface area contributed by atoms with Gasteiger partial charge in [-0.2, -0.15) is 0 Å². The van der Waals surface area contributed by atoms with Gasteiger partial charge in [0.2, 0.25) is 0 Å². The molecule has 3 heteroatoms. The van der Waals surface area contributed by atoms with Crippen LogP contribution in [0.2, 0.25) is 0 Å². The Bertz CT molecular complexity index is 414. The van der Waals surface area contributed by atoms with Crippen molar-refractivity contribution in [3.05, 3.63) is 60.3 Å². The van der Waals surface area contributed by atoms with Crippen LogP contribution in [-0.2, 0) is 0 Å². The van der Waals surface area contributed by atoms with Gasteiger partial charge in [0.05, 0.1) is 0 Å². The number of nitrogens with two attached hydrogens (primary N) is 1. The first kappa shape index (κ1) is 10.6. The van der Waals surface area contributed by atoms with Gasteiger partial charge >= 0.3 is 0 Å². The van der Waals surface area contributed by atoms with Gasteiger partial charge in [-0.3, -0.25) is 0 Å². The summed E-state index contributed by atoms with van der Waals surface area (Å²) in [5, 5.41) is 3.21. The largest absolute Gasteiger partial charge is 0.368 e. The maximum absolute atomic E-state index is 6.05. The predicted octanol–water partition coefficient (Wildman–Crippen LogP) is 2.19. The number of nitrogens with zero attached hydrogens (tertiary/aromatic N) is 1. The number of nitrogens with one attached hydrogen (secondary N) is 1. The first-order valence-electron chi connectivity index (χ1n) is 5.31. The Morgan fingerprint density at radius 1 is 1.06 bits per heavy atom. The summed E-state index contributed by atoms with van der Waals surface area (Å²) in [4.78, 5) is 4.18. The van der Waals surface area contributed by atoms with E-state index in [2.05, 4.69) is 10.3 Å². The lowest BCUT2D eigenvalue weighted by Gasteiger charge is -2.13. The van der Waals surface area contributed by atoms with Crippen LogP contribution in [0.3, 0.4) is 0 Å². The van der Waals surface area contributed by atoms with Crippen LogP contribution in [0.4, 0.5) is 5.82 Å². The second-order valence-electron chi connectivity index (χ2n) is 3.61. The molecule has 0 spiro atoms. The third kappa shape index (κ3) is 2.81. The molecular weight excluding hydrogens is 198 g/mol. The second kappa shape index (κ2) is 5.28. The number of hydrogen-bond donors (Lipinski definition) is 2. The highest BCUT2D eigenvalue weighted by atomic mass is 15.0. The zero-order valence-corrected chi connectivity index (χ0v) is 9.01. The number of hydrogen-bond acceptors (Lipinski definition) is 3. The molecule has 3 nitrogen and oxygen atoms in total. The smallest absolute Gasteiger partial charge is 0.125 e. The first-order chi connectivity index (χ1) is 7.86.